The van der Waals surface area contributed by atoms with E-state index < -0.39 is 5.97 Å². The normalized spacial score (nSPS) is 10.2. The molecule has 0 aliphatic heterocycles. The Morgan fingerprint density at radius 2 is 2.21 bits per heavy atom. The van der Waals surface area contributed by atoms with Crippen LogP contribution in [0.25, 0.3) is 0 Å². The lowest BCUT2D eigenvalue weighted by molar-refractivity contribution is -0.135. The summed E-state index contributed by atoms with van der Waals surface area (Å²) >= 11 is 0. The van der Waals surface area contributed by atoms with Gasteiger partial charge in [-0.3, -0.25) is 4.79 Å². The highest BCUT2D eigenvalue weighted by molar-refractivity contribution is 5.72. The van der Waals surface area contributed by atoms with Crippen molar-refractivity contribution in [1.29, 1.82) is 0 Å². The van der Waals surface area contributed by atoms with Crippen LogP contribution in [0.4, 0.5) is 5.95 Å². The molecule has 1 aromatic rings. The van der Waals surface area contributed by atoms with Crippen molar-refractivity contribution in [3.63, 3.8) is 0 Å². The molecule has 0 amide bonds. The number of carbonyl (C=O) groups is 1. The van der Waals surface area contributed by atoms with Gasteiger partial charge in [0, 0.05) is 20.5 Å². The minimum absolute atomic E-state index is 0.0737. The van der Waals surface area contributed by atoms with Crippen LogP contribution in [0, 0.1) is 0 Å². The van der Waals surface area contributed by atoms with Crippen LogP contribution in [0.2, 0.25) is 0 Å². The van der Waals surface area contributed by atoms with Gasteiger partial charge in [-0.1, -0.05) is 6.92 Å². The van der Waals surface area contributed by atoms with Crippen LogP contribution in [0.15, 0.2) is 0 Å². The summed E-state index contributed by atoms with van der Waals surface area (Å²) in [7, 11) is 3.50. The van der Waals surface area contributed by atoms with Crippen LogP contribution in [0.3, 0.4) is 0 Å². The van der Waals surface area contributed by atoms with Gasteiger partial charge >= 0.3 is 5.97 Å². The lowest BCUT2D eigenvalue weighted by atomic mass is 10.4. The lowest BCUT2D eigenvalue weighted by Crippen LogP contribution is -2.27. The molecule has 0 aromatic carbocycles. The Hall–Kier alpha value is -1.59. The van der Waals surface area contributed by atoms with Gasteiger partial charge in [0.15, 0.2) is 0 Å². The predicted molar refractivity (Wildman–Crippen MR) is 51.3 cm³/mol. The van der Waals surface area contributed by atoms with Crippen LogP contribution < -0.4 is 4.90 Å². The Kier molecular flexibility index (Phi) is 3.06. The number of carboxylic acids is 1. The van der Waals surface area contributed by atoms with Gasteiger partial charge < -0.3 is 14.6 Å². The monoisotopic (exact) mass is 198 g/mol. The van der Waals surface area contributed by atoms with Gasteiger partial charge in [0.1, 0.15) is 12.4 Å². The Balaban J connectivity index is 2.84. The summed E-state index contributed by atoms with van der Waals surface area (Å²) < 4.78 is 1.79. The van der Waals surface area contributed by atoms with Crippen molar-refractivity contribution in [1.82, 2.24) is 14.8 Å². The molecule has 0 fully saturated rings. The van der Waals surface area contributed by atoms with E-state index in [1.807, 2.05) is 14.0 Å². The molecule has 0 unspecified atom stereocenters. The number of hydrogen-bond donors (Lipinski definition) is 1. The van der Waals surface area contributed by atoms with Crippen LogP contribution in [-0.4, -0.2) is 39.4 Å². The fourth-order valence-electron chi connectivity index (χ4n) is 1.27. The fourth-order valence-corrected chi connectivity index (χ4v) is 1.27. The number of aromatic nitrogens is 3. The van der Waals surface area contributed by atoms with Crippen LogP contribution in [-0.2, 0) is 18.3 Å². The summed E-state index contributed by atoms with van der Waals surface area (Å²) in [5, 5.41) is 16.5. The molecule has 1 aromatic heterocycles. The molecule has 0 bridgehead atoms. The number of carboxylic acid groups (broad SMARTS) is 1. The Morgan fingerprint density at radius 3 is 2.64 bits per heavy atom. The molecule has 1 heterocycles. The average molecular weight is 198 g/mol. The Bertz CT molecular complexity index is 334. The zero-order chi connectivity index (χ0) is 10.7. The first-order valence-corrected chi connectivity index (χ1v) is 4.37. The molecule has 1 N–H and O–H groups in total. The molecule has 0 spiro atoms. The van der Waals surface area contributed by atoms with Crippen molar-refractivity contribution in [2.75, 3.05) is 18.5 Å². The van der Waals surface area contributed by atoms with Gasteiger partial charge in [-0.15, -0.1) is 10.2 Å². The van der Waals surface area contributed by atoms with Crippen molar-refractivity contribution in [3.8, 4) is 0 Å². The Morgan fingerprint density at radius 1 is 1.57 bits per heavy atom. The molecule has 0 saturated carbocycles. The van der Waals surface area contributed by atoms with Gasteiger partial charge in [-0.2, -0.15) is 0 Å². The molecular formula is C8H14N4O2. The zero-order valence-corrected chi connectivity index (χ0v) is 8.56. The van der Waals surface area contributed by atoms with Gasteiger partial charge in [0.05, 0.1) is 0 Å². The van der Waals surface area contributed by atoms with Gasteiger partial charge in [0.2, 0.25) is 5.95 Å². The summed E-state index contributed by atoms with van der Waals surface area (Å²) in [6, 6.07) is 0. The van der Waals surface area contributed by atoms with Crippen molar-refractivity contribution < 1.29 is 9.90 Å². The van der Waals surface area contributed by atoms with Crippen LogP contribution >= 0.6 is 0 Å². The molecule has 0 aliphatic carbocycles. The van der Waals surface area contributed by atoms with Crippen LogP contribution in [0.5, 0.6) is 0 Å². The van der Waals surface area contributed by atoms with E-state index in [-0.39, 0.29) is 6.54 Å². The topological polar surface area (TPSA) is 71.2 Å². The zero-order valence-electron chi connectivity index (χ0n) is 8.56. The molecule has 6 nitrogen and oxygen atoms in total. The average Bonchev–Trinajstić information content (AvgIpc) is 2.45. The third-order valence-corrected chi connectivity index (χ3v) is 1.97. The van der Waals surface area contributed by atoms with Crippen molar-refractivity contribution in [2.24, 2.45) is 7.05 Å². The van der Waals surface area contributed by atoms with Gasteiger partial charge in [-0.05, 0) is 0 Å². The highest BCUT2D eigenvalue weighted by atomic mass is 16.4. The summed E-state index contributed by atoms with van der Waals surface area (Å²) in [5.74, 6) is 0.537. The third kappa shape index (κ3) is 2.01. The minimum atomic E-state index is -0.881. The smallest absolute Gasteiger partial charge is 0.323 e. The first kappa shape index (κ1) is 10.5. The molecule has 0 radical (unpaired) electrons. The molecule has 14 heavy (non-hydrogen) atoms. The first-order chi connectivity index (χ1) is 6.56. The van der Waals surface area contributed by atoms with E-state index in [4.69, 9.17) is 5.11 Å². The maximum atomic E-state index is 10.5. The number of hydrogen-bond acceptors (Lipinski definition) is 4. The van der Waals surface area contributed by atoms with Crippen molar-refractivity contribution in [2.45, 2.75) is 13.3 Å². The van der Waals surface area contributed by atoms with Crippen molar-refractivity contribution >= 4 is 11.9 Å². The van der Waals surface area contributed by atoms with E-state index >= 15 is 0 Å². The SMILES string of the molecule is CCc1nnc(N(C)CC(=O)O)n1C. The number of nitrogens with zero attached hydrogens (tertiary/aromatic N) is 4. The molecule has 6 heteroatoms. The summed E-state index contributed by atoms with van der Waals surface area (Å²) in [4.78, 5) is 12.0. The molecule has 0 saturated heterocycles. The number of aliphatic carboxylic acids is 1. The third-order valence-electron chi connectivity index (χ3n) is 1.97. The van der Waals surface area contributed by atoms with E-state index in [1.165, 1.54) is 0 Å². The number of likely N-dealkylation sites (N-methyl/N-ethyl adjacent to an activating group) is 1. The highest BCUT2D eigenvalue weighted by Crippen LogP contribution is 2.09. The number of aryl methyl sites for hydroxylation is 1. The molecular weight excluding hydrogens is 184 g/mol. The summed E-state index contributed by atoms with van der Waals surface area (Å²) in [6.07, 6.45) is 0.782. The molecule has 0 atom stereocenters. The Labute approximate surface area is 82.2 Å². The second kappa shape index (κ2) is 4.08. The number of rotatable bonds is 4. The lowest BCUT2D eigenvalue weighted by Gasteiger charge is -2.14. The van der Waals surface area contributed by atoms with Gasteiger partial charge in [0.25, 0.3) is 0 Å². The first-order valence-electron chi connectivity index (χ1n) is 4.37. The van der Waals surface area contributed by atoms with Gasteiger partial charge in [-0.25, -0.2) is 0 Å². The second-order valence-electron chi connectivity index (χ2n) is 3.08. The largest absolute Gasteiger partial charge is 0.480 e. The second-order valence-corrected chi connectivity index (χ2v) is 3.08. The molecule has 1 rings (SSSR count). The molecule has 78 valence electrons. The molecule has 0 aliphatic rings. The fraction of sp³-hybridized carbons (Fsp3) is 0.625. The summed E-state index contributed by atoms with van der Waals surface area (Å²) in [6.45, 7) is 1.90. The number of anilines is 1. The quantitative estimate of drug-likeness (QED) is 0.731. The van der Waals surface area contributed by atoms with Crippen molar-refractivity contribution in [3.05, 3.63) is 5.82 Å². The maximum Gasteiger partial charge on any atom is 0.323 e. The standard InChI is InChI=1S/C8H14N4O2/c1-4-6-9-10-8(12(6)3)11(2)5-7(13)14/h4-5H2,1-3H3,(H,13,14). The maximum absolute atomic E-state index is 10.5. The van der Waals surface area contributed by atoms with Crippen LogP contribution in [0.1, 0.15) is 12.7 Å². The highest BCUT2D eigenvalue weighted by Gasteiger charge is 2.13. The minimum Gasteiger partial charge on any atom is -0.480 e. The van der Waals surface area contributed by atoms with E-state index in [9.17, 15) is 4.79 Å². The van der Waals surface area contributed by atoms with E-state index in [2.05, 4.69) is 10.2 Å². The van der Waals surface area contributed by atoms with E-state index in [0.717, 1.165) is 12.2 Å². The predicted octanol–water partition coefficient (Wildman–Crippen LogP) is -0.102. The summed E-state index contributed by atoms with van der Waals surface area (Å²) in [5.41, 5.74) is 0. The van der Waals surface area contributed by atoms with E-state index in [1.54, 1.807) is 16.5 Å². The van der Waals surface area contributed by atoms with E-state index in [0.29, 0.717) is 5.95 Å².